The lowest BCUT2D eigenvalue weighted by Gasteiger charge is -1.66. The molecule has 0 fully saturated rings. The minimum atomic E-state index is 0.912. The van der Waals surface area contributed by atoms with Crippen molar-refractivity contribution in [2.75, 3.05) is 0 Å². The summed E-state index contributed by atoms with van der Waals surface area (Å²) in [5.41, 5.74) is 2.86. The summed E-state index contributed by atoms with van der Waals surface area (Å²) < 4.78 is 0. The summed E-state index contributed by atoms with van der Waals surface area (Å²) in [6.45, 7) is 0. The zero-order valence-electron chi connectivity index (χ0n) is 3.18. The molecule has 0 aliphatic heterocycles. The maximum Gasteiger partial charge on any atom is 0.0275 e. The Labute approximate surface area is 39.5 Å². The van der Waals surface area contributed by atoms with E-state index in [1.165, 1.54) is 0 Å². The fourth-order valence-corrected chi connectivity index (χ4v) is 0.481. The highest BCUT2D eigenvalue weighted by Crippen LogP contribution is 2.07. The third-order valence-corrected chi connectivity index (χ3v) is 0.860. The van der Waals surface area contributed by atoms with Crippen LogP contribution in [0.15, 0.2) is 29.3 Å². The van der Waals surface area contributed by atoms with Gasteiger partial charge in [0.1, 0.15) is 0 Å². The molecule has 0 saturated heterocycles. The van der Waals surface area contributed by atoms with Gasteiger partial charge < -0.3 is 0 Å². The lowest BCUT2D eigenvalue weighted by atomic mass is 10.6. The molecule has 0 aromatic heterocycles. The van der Waals surface area contributed by atoms with Gasteiger partial charge in [0.2, 0.25) is 0 Å². The second-order valence-corrected chi connectivity index (χ2v) is 1.54. The van der Waals surface area contributed by atoms with Crippen LogP contribution in [0.3, 0.4) is 0 Å². The van der Waals surface area contributed by atoms with Crippen molar-refractivity contribution in [3.8, 4) is 0 Å². The summed E-state index contributed by atoms with van der Waals surface area (Å²) >= 11 is 0. The molecule has 1 rings (SSSR count). The molecule has 0 spiro atoms. The Bertz CT molecular complexity index is 136. The monoisotopic (exact) mass is 94.0 g/mol. The minimum absolute atomic E-state index is 0.912. The molecule has 0 bridgehead atoms. The van der Waals surface area contributed by atoms with Gasteiger partial charge in [-0.15, -0.1) is 5.73 Å². The maximum atomic E-state index is 3.98. The Kier molecular flexibility index (Phi) is 0.919. The topological polar surface area (TPSA) is 0 Å². The summed E-state index contributed by atoms with van der Waals surface area (Å²) in [5.74, 6) is 0. The van der Waals surface area contributed by atoms with E-state index in [1.807, 2.05) is 18.2 Å². The van der Waals surface area contributed by atoms with Crippen LogP contribution in [0.2, 0.25) is 0 Å². The lowest BCUT2D eigenvalue weighted by molar-refractivity contribution is 2.05. The van der Waals surface area contributed by atoms with Gasteiger partial charge in [-0.25, -0.2) is 0 Å². The van der Waals surface area contributed by atoms with Crippen molar-refractivity contribution in [2.45, 2.75) is 0 Å². The molecule has 1 aliphatic rings. The Morgan fingerprint density at radius 1 is 1.67 bits per heavy atom. The number of hydrogen-bond donors (Lipinski definition) is 0. The van der Waals surface area contributed by atoms with Gasteiger partial charge in [-0.2, -0.15) is 0 Å². The van der Waals surface area contributed by atoms with Crippen LogP contribution in [0.1, 0.15) is 0 Å². The van der Waals surface area contributed by atoms with Crippen LogP contribution in [0, 0.1) is 0 Å². The van der Waals surface area contributed by atoms with Crippen LogP contribution in [0.25, 0.3) is 0 Å². The van der Waals surface area contributed by atoms with E-state index in [0.717, 1.165) is 5.31 Å². The molecule has 0 N–H and O–H groups in total. The predicted octanol–water partition coefficient (Wildman–Crippen LogP) is 2.01. The van der Waals surface area contributed by atoms with Crippen molar-refractivity contribution < 1.29 is 0 Å². The molecule has 0 heterocycles. The molecule has 1 heteroatoms. The minimum Gasteiger partial charge on any atom is -0.112 e. The fourth-order valence-electron chi connectivity index (χ4n) is 0.321. The molecular weight excluding hydrogens is 91.0 g/mol. The van der Waals surface area contributed by atoms with E-state index in [1.54, 1.807) is 0 Å². The first-order chi connectivity index (χ1) is 2.89. The largest absolute Gasteiger partial charge is 0.112 e. The first-order valence-corrected chi connectivity index (χ1v) is 2.16. The summed E-state index contributed by atoms with van der Waals surface area (Å²) in [7, 11) is 3.98. The Hall–Kier alpha value is -0.310. The zero-order valence-corrected chi connectivity index (χ0v) is 4.07. The van der Waals surface area contributed by atoms with Crippen molar-refractivity contribution in [3.05, 3.63) is 29.3 Å². The van der Waals surface area contributed by atoms with Crippen LogP contribution < -0.4 is 0 Å². The third-order valence-electron chi connectivity index (χ3n) is 0.582. The van der Waals surface area contributed by atoms with Crippen molar-refractivity contribution in [2.24, 2.45) is 0 Å². The highest BCUT2D eigenvalue weighted by molar-refractivity contribution is 7.22. The third kappa shape index (κ3) is 0.597. The van der Waals surface area contributed by atoms with Crippen LogP contribution in [-0.4, -0.2) is 0 Å². The van der Waals surface area contributed by atoms with Gasteiger partial charge >= 0.3 is 0 Å². The van der Waals surface area contributed by atoms with Crippen LogP contribution in [0.5, 0.6) is 0 Å². The summed E-state index contributed by atoms with van der Waals surface area (Å²) in [6, 6.07) is 0. The molecular formula is C5H3P. The Balaban J connectivity index is 2.98. The van der Waals surface area contributed by atoms with Crippen LogP contribution in [0.4, 0.5) is 0 Å². The van der Waals surface area contributed by atoms with E-state index in [-0.39, 0.29) is 0 Å². The van der Waals surface area contributed by atoms with Gasteiger partial charge in [-0.1, -0.05) is 6.08 Å². The molecule has 1 aliphatic carbocycles. The van der Waals surface area contributed by atoms with Gasteiger partial charge in [-0.05, 0) is 12.2 Å². The van der Waals surface area contributed by atoms with Crippen LogP contribution >= 0.6 is 9.24 Å². The van der Waals surface area contributed by atoms with E-state index < -0.39 is 0 Å². The predicted molar refractivity (Wildman–Crippen MR) is 27.7 cm³/mol. The summed E-state index contributed by atoms with van der Waals surface area (Å²) in [5, 5.41) is 0.912. The highest BCUT2D eigenvalue weighted by Gasteiger charge is 1.79. The average Bonchev–Trinajstić information content (AvgIpc) is 1.86. The number of allylic oxidation sites excluding steroid dienone is 3. The van der Waals surface area contributed by atoms with E-state index in [2.05, 4.69) is 15.0 Å². The fraction of sp³-hybridized carbons (Fsp3) is 0. The van der Waals surface area contributed by atoms with Gasteiger partial charge in [0.15, 0.2) is 0 Å². The molecule has 0 nitrogen and oxygen atoms in total. The molecule has 0 aromatic rings. The molecule has 0 saturated carbocycles. The van der Waals surface area contributed by atoms with Gasteiger partial charge in [0.05, 0.1) is 0 Å². The molecule has 0 atom stereocenters. The number of hydrogen-bond acceptors (Lipinski definition) is 0. The lowest BCUT2D eigenvalue weighted by Crippen LogP contribution is -1.41. The maximum absolute atomic E-state index is 3.98. The zero-order chi connectivity index (χ0) is 4.41. The van der Waals surface area contributed by atoms with E-state index in [4.69, 9.17) is 0 Å². The molecule has 0 aromatic carbocycles. The molecule has 6 heavy (non-hydrogen) atoms. The van der Waals surface area contributed by atoms with Crippen molar-refractivity contribution in [3.63, 3.8) is 0 Å². The first kappa shape index (κ1) is 3.87. The standard InChI is InChI=1S/C5H3P/c6-5-3-1-2-4-5/h1-3H. The second-order valence-electron chi connectivity index (χ2n) is 1.06. The SMILES string of the molecule is [P]C1=C=CC=C1. The highest BCUT2D eigenvalue weighted by atomic mass is 31.0. The van der Waals surface area contributed by atoms with E-state index in [0.29, 0.717) is 0 Å². The average molecular weight is 94.1 g/mol. The van der Waals surface area contributed by atoms with Crippen molar-refractivity contribution in [1.82, 2.24) is 0 Å². The quantitative estimate of drug-likeness (QED) is 0.318. The molecule has 0 amide bonds. The van der Waals surface area contributed by atoms with E-state index in [9.17, 15) is 0 Å². The Morgan fingerprint density at radius 3 is 2.67 bits per heavy atom. The van der Waals surface area contributed by atoms with Gasteiger partial charge in [0.25, 0.3) is 0 Å². The molecule has 28 valence electrons. The Morgan fingerprint density at radius 2 is 2.50 bits per heavy atom. The van der Waals surface area contributed by atoms with E-state index >= 15 is 0 Å². The molecule has 2 radical (unpaired) electrons. The summed E-state index contributed by atoms with van der Waals surface area (Å²) in [6.07, 6.45) is 5.63. The van der Waals surface area contributed by atoms with Gasteiger partial charge in [0, 0.05) is 14.6 Å². The normalized spacial score (nSPS) is 15.8. The van der Waals surface area contributed by atoms with Crippen molar-refractivity contribution >= 4 is 9.24 Å². The van der Waals surface area contributed by atoms with Crippen LogP contribution in [-0.2, 0) is 0 Å². The van der Waals surface area contributed by atoms with Crippen molar-refractivity contribution in [1.29, 1.82) is 0 Å². The molecule has 0 unspecified atom stereocenters. The van der Waals surface area contributed by atoms with Gasteiger partial charge in [-0.3, -0.25) is 0 Å². The first-order valence-electron chi connectivity index (χ1n) is 1.72. The number of rotatable bonds is 0. The summed E-state index contributed by atoms with van der Waals surface area (Å²) in [4.78, 5) is 0. The smallest absolute Gasteiger partial charge is 0.0275 e. The second kappa shape index (κ2) is 1.43.